The molecule has 0 aliphatic carbocycles. The topological polar surface area (TPSA) is 36.4 Å². The standard InChI is InChI=1S/C14H21N3O/c1-3-16(4-2)14(18)13-11-12(7-8-15-13)17-9-5-6-10-17/h7-8,11H,3-6,9-10H2,1-2H3. The third-order valence-corrected chi connectivity index (χ3v) is 3.48. The highest BCUT2D eigenvalue weighted by molar-refractivity contribution is 5.93. The van der Waals surface area contributed by atoms with Crippen molar-refractivity contribution in [2.24, 2.45) is 0 Å². The molecular formula is C14H21N3O. The molecule has 0 radical (unpaired) electrons. The van der Waals surface area contributed by atoms with Crippen LogP contribution in [0.2, 0.25) is 0 Å². The van der Waals surface area contributed by atoms with E-state index in [0.29, 0.717) is 5.69 Å². The van der Waals surface area contributed by atoms with E-state index in [1.54, 1.807) is 11.1 Å². The van der Waals surface area contributed by atoms with Gasteiger partial charge in [-0.2, -0.15) is 0 Å². The highest BCUT2D eigenvalue weighted by Crippen LogP contribution is 2.20. The van der Waals surface area contributed by atoms with E-state index in [1.165, 1.54) is 12.8 Å². The zero-order chi connectivity index (χ0) is 13.0. The highest BCUT2D eigenvalue weighted by Gasteiger charge is 2.17. The van der Waals surface area contributed by atoms with Crippen LogP contribution in [0.4, 0.5) is 5.69 Å². The van der Waals surface area contributed by atoms with E-state index >= 15 is 0 Å². The fourth-order valence-corrected chi connectivity index (χ4v) is 2.38. The zero-order valence-electron chi connectivity index (χ0n) is 11.2. The molecule has 0 atom stereocenters. The van der Waals surface area contributed by atoms with E-state index < -0.39 is 0 Å². The van der Waals surface area contributed by atoms with Gasteiger partial charge in [0.25, 0.3) is 5.91 Å². The summed E-state index contributed by atoms with van der Waals surface area (Å²) in [6, 6.07) is 3.91. The van der Waals surface area contributed by atoms with Gasteiger partial charge in [0.15, 0.2) is 0 Å². The van der Waals surface area contributed by atoms with E-state index in [2.05, 4.69) is 9.88 Å². The van der Waals surface area contributed by atoms with Gasteiger partial charge in [-0.25, -0.2) is 0 Å². The zero-order valence-corrected chi connectivity index (χ0v) is 11.2. The summed E-state index contributed by atoms with van der Waals surface area (Å²) in [5.74, 6) is 0.0287. The van der Waals surface area contributed by atoms with Crippen LogP contribution in [0.25, 0.3) is 0 Å². The second kappa shape index (κ2) is 5.85. The summed E-state index contributed by atoms with van der Waals surface area (Å²) in [6.07, 6.45) is 4.22. The van der Waals surface area contributed by atoms with Gasteiger partial charge in [0.2, 0.25) is 0 Å². The van der Waals surface area contributed by atoms with Crippen molar-refractivity contribution in [2.45, 2.75) is 26.7 Å². The number of nitrogens with zero attached hydrogens (tertiary/aromatic N) is 3. The van der Waals surface area contributed by atoms with E-state index in [1.807, 2.05) is 26.0 Å². The number of hydrogen-bond acceptors (Lipinski definition) is 3. The van der Waals surface area contributed by atoms with Gasteiger partial charge in [0, 0.05) is 38.1 Å². The van der Waals surface area contributed by atoms with Gasteiger partial charge in [-0.15, -0.1) is 0 Å². The molecule has 18 heavy (non-hydrogen) atoms. The summed E-state index contributed by atoms with van der Waals surface area (Å²) in [4.78, 5) is 20.6. The van der Waals surface area contributed by atoms with Crippen molar-refractivity contribution in [3.05, 3.63) is 24.0 Å². The van der Waals surface area contributed by atoms with E-state index in [4.69, 9.17) is 0 Å². The Balaban J connectivity index is 2.18. The summed E-state index contributed by atoms with van der Waals surface area (Å²) in [7, 11) is 0. The highest BCUT2D eigenvalue weighted by atomic mass is 16.2. The second-order valence-corrected chi connectivity index (χ2v) is 4.57. The Morgan fingerprint density at radius 1 is 1.33 bits per heavy atom. The minimum atomic E-state index is 0.0287. The number of carbonyl (C=O) groups excluding carboxylic acids is 1. The molecule has 1 amide bonds. The predicted octanol–water partition coefficient (Wildman–Crippen LogP) is 2.16. The van der Waals surface area contributed by atoms with Crippen LogP contribution in [-0.4, -0.2) is 42.0 Å². The third kappa shape index (κ3) is 2.63. The van der Waals surface area contributed by atoms with Gasteiger partial charge in [-0.1, -0.05) is 0 Å². The van der Waals surface area contributed by atoms with Crippen molar-refractivity contribution in [1.29, 1.82) is 0 Å². The van der Waals surface area contributed by atoms with E-state index in [-0.39, 0.29) is 5.91 Å². The largest absolute Gasteiger partial charge is 0.371 e. The lowest BCUT2D eigenvalue weighted by Gasteiger charge is -2.20. The molecule has 0 aromatic carbocycles. The Morgan fingerprint density at radius 2 is 2.00 bits per heavy atom. The Labute approximate surface area is 109 Å². The quantitative estimate of drug-likeness (QED) is 0.818. The summed E-state index contributed by atoms with van der Waals surface area (Å²) >= 11 is 0. The molecule has 1 aromatic heterocycles. The van der Waals surface area contributed by atoms with Crippen LogP contribution in [0.3, 0.4) is 0 Å². The number of rotatable bonds is 4. The monoisotopic (exact) mass is 247 g/mol. The molecule has 1 aliphatic rings. The molecule has 1 fully saturated rings. The molecule has 2 heterocycles. The maximum Gasteiger partial charge on any atom is 0.272 e. The Hall–Kier alpha value is -1.58. The molecule has 0 unspecified atom stereocenters. The molecular weight excluding hydrogens is 226 g/mol. The number of hydrogen-bond donors (Lipinski definition) is 0. The van der Waals surface area contributed by atoms with Gasteiger partial charge >= 0.3 is 0 Å². The number of carbonyl (C=O) groups is 1. The molecule has 0 bridgehead atoms. The Morgan fingerprint density at radius 3 is 2.61 bits per heavy atom. The number of amides is 1. The molecule has 1 aliphatic heterocycles. The van der Waals surface area contributed by atoms with Crippen LogP contribution in [0.1, 0.15) is 37.2 Å². The van der Waals surface area contributed by atoms with Crippen molar-refractivity contribution >= 4 is 11.6 Å². The predicted molar refractivity (Wildman–Crippen MR) is 72.9 cm³/mol. The normalized spacial score (nSPS) is 14.9. The first-order chi connectivity index (χ1) is 8.76. The molecule has 0 saturated carbocycles. The van der Waals surface area contributed by atoms with Crippen molar-refractivity contribution in [1.82, 2.24) is 9.88 Å². The minimum Gasteiger partial charge on any atom is -0.371 e. The van der Waals surface area contributed by atoms with Crippen LogP contribution in [-0.2, 0) is 0 Å². The lowest BCUT2D eigenvalue weighted by molar-refractivity contribution is 0.0767. The first-order valence-electron chi connectivity index (χ1n) is 6.76. The maximum atomic E-state index is 12.2. The summed E-state index contributed by atoms with van der Waals surface area (Å²) < 4.78 is 0. The summed E-state index contributed by atoms with van der Waals surface area (Å²) in [6.45, 7) is 7.61. The average Bonchev–Trinajstić information content (AvgIpc) is 2.94. The first kappa shape index (κ1) is 12.9. The van der Waals surface area contributed by atoms with Gasteiger partial charge in [-0.3, -0.25) is 9.78 Å². The molecule has 1 aromatic rings. The molecule has 4 nitrogen and oxygen atoms in total. The maximum absolute atomic E-state index is 12.2. The Bertz CT molecular complexity index is 409. The summed E-state index contributed by atoms with van der Waals surface area (Å²) in [5.41, 5.74) is 1.68. The second-order valence-electron chi connectivity index (χ2n) is 4.57. The van der Waals surface area contributed by atoms with Crippen LogP contribution >= 0.6 is 0 Å². The van der Waals surface area contributed by atoms with Gasteiger partial charge in [0.05, 0.1) is 0 Å². The van der Waals surface area contributed by atoms with E-state index in [0.717, 1.165) is 31.9 Å². The lowest BCUT2D eigenvalue weighted by Crippen LogP contribution is -2.31. The molecule has 0 spiro atoms. The van der Waals surface area contributed by atoms with Crippen LogP contribution in [0.5, 0.6) is 0 Å². The summed E-state index contributed by atoms with van der Waals surface area (Å²) in [5, 5.41) is 0. The van der Waals surface area contributed by atoms with Crippen LogP contribution in [0.15, 0.2) is 18.3 Å². The molecule has 1 saturated heterocycles. The molecule has 4 heteroatoms. The first-order valence-corrected chi connectivity index (χ1v) is 6.76. The van der Waals surface area contributed by atoms with Gasteiger partial charge < -0.3 is 9.80 Å². The molecule has 2 rings (SSSR count). The third-order valence-electron chi connectivity index (χ3n) is 3.48. The fraction of sp³-hybridized carbons (Fsp3) is 0.571. The van der Waals surface area contributed by atoms with Crippen molar-refractivity contribution in [3.63, 3.8) is 0 Å². The van der Waals surface area contributed by atoms with Crippen LogP contribution in [0, 0.1) is 0 Å². The van der Waals surface area contributed by atoms with Crippen molar-refractivity contribution < 1.29 is 4.79 Å². The SMILES string of the molecule is CCN(CC)C(=O)c1cc(N2CCCC2)ccn1. The van der Waals surface area contributed by atoms with Gasteiger partial charge in [-0.05, 0) is 38.8 Å². The van der Waals surface area contributed by atoms with E-state index in [9.17, 15) is 4.79 Å². The number of pyridine rings is 1. The Kier molecular flexibility index (Phi) is 4.18. The van der Waals surface area contributed by atoms with Crippen molar-refractivity contribution in [2.75, 3.05) is 31.1 Å². The van der Waals surface area contributed by atoms with Gasteiger partial charge in [0.1, 0.15) is 5.69 Å². The fourth-order valence-electron chi connectivity index (χ4n) is 2.38. The number of anilines is 1. The average molecular weight is 247 g/mol. The molecule has 0 N–H and O–H groups in total. The smallest absolute Gasteiger partial charge is 0.272 e. The van der Waals surface area contributed by atoms with Crippen molar-refractivity contribution in [3.8, 4) is 0 Å². The minimum absolute atomic E-state index is 0.0287. The number of aromatic nitrogens is 1. The lowest BCUT2D eigenvalue weighted by atomic mass is 10.2. The van der Waals surface area contributed by atoms with Crippen LogP contribution < -0.4 is 4.90 Å². The molecule has 98 valence electrons.